The van der Waals surface area contributed by atoms with Crippen molar-refractivity contribution in [3.63, 3.8) is 0 Å². The van der Waals surface area contributed by atoms with Crippen LogP contribution in [0.15, 0.2) is 59.7 Å². The van der Waals surface area contributed by atoms with Gasteiger partial charge < -0.3 is 5.11 Å². The van der Waals surface area contributed by atoms with Crippen LogP contribution in [0.2, 0.25) is 0 Å². The first kappa shape index (κ1) is 13.8. The topological polar surface area (TPSA) is 61.7 Å². The third kappa shape index (κ3) is 4.24. The van der Waals surface area contributed by atoms with E-state index >= 15 is 0 Å². The number of nitrogens with zero attached hydrogens (tertiary/aromatic N) is 1. The van der Waals surface area contributed by atoms with Crippen LogP contribution < -0.4 is 5.43 Å². The highest BCUT2D eigenvalue weighted by Crippen LogP contribution is 2.10. The zero-order chi connectivity index (χ0) is 14.2. The van der Waals surface area contributed by atoms with E-state index in [1.807, 2.05) is 18.2 Å². The van der Waals surface area contributed by atoms with Crippen LogP contribution in [0.4, 0.5) is 5.69 Å². The summed E-state index contributed by atoms with van der Waals surface area (Å²) in [7, 11) is 0. The molecule has 0 amide bonds. The van der Waals surface area contributed by atoms with Gasteiger partial charge >= 0.3 is 5.97 Å². The lowest BCUT2D eigenvalue weighted by Crippen LogP contribution is -1.97. The predicted octanol–water partition coefficient (Wildman–Crippen LogP) is 3.42. The molecule has 0 aliphatic carbocycles. The number of nitrogens with one attached hydrogen (secondary N) is 1. The second-order valence-electron chi connectivity index (χ2n) is 4.33. The molecule has 0 bridgehead atoms. The van der Waals surface area contributed by atoms with E-state index in [1.54, 1.807) is 30.5 Å². The highest BCUT2D eigenvalue weighted by Gasteiger charge is 2.01. The van der Waals surface area contributed by atoms with E-state index in [-0.39, 0.29) is 5.56 Å². The van der Waals surface area contributed by atoms with Crippen molar-refractivity contribution in [3.05, 3.63) is 65.7 Å². The van der Waals surface area contributed by atoms with Gasteiger partial charge in [-0.1, -0.05) is 36.4 Å². The fraction of sp³-hybridized carbons (Fsp3) is 0.125. The summed E-state index contributed by atoms with van der Waals surface area (Å²) in [6.45, 7) is 0. The molecule has 4 heteroatoms. The van der Waals surface area contributed by atoms with Crippen molar-refractivity contribution in [3.8, 4) is 0 Å². The molecule has 0 saturated heterocycles. The molecule has 20 heavy (non-hydrogen) atoms. The van der Waals surface area contributed by atoms with Crippen molar-refractivity contribution in [2.24, 2.45) is 5.10 Å². The quantitative estimate of drug-likeness (QED) is 0.623. The summed E-state index contributed by atoms with van der Waals surface area (Å²) < 4.78 is 0. The van der Waals surface area contributed by atoms with Crippen LogP contribution in [0.25, 0.3) is 0 Å². The lowest BCUT2D eigenvalue weighted by molar-refractivity contribution is 0.0697. The third-order valence-electron chi connectivity index (χ3n) is 2.80. The maximum absolute atomic E-state index is 10.8. The van der Waals surface area contributed by atoms with E-state index in [9.17, 15) is 4.79 Å². The average molecular weight is 268 g/mol. The Morgan fingerprint density at radius 2 is 1.95 bits per heavy atom. The highest BCUT2D eigenvalue weighted by atomic mass is 16.4. The number of benzene rings is 2. The standard InChI is InChI=1S/C16H16N2O2/c19-16(20)14-9-4-10-15(12-14)18-17-11-5-8-13-6-2-1-3-7-13/h1-4,6-7,9-12,18H,5,8H2,(H,19,20). The van der Waals surface area contributed by atoms with Gasteiger partial charge in [0.2, 0.25) is 0 Å². The highest BCUT2D eigenvalue weighted by molar-refractivity contribution is 5.88. The average Bonchev–Trinajstić information content (AvgIpc) is 2.48. The second kappa shape index (κ2) is 7.09. The molecule has 2 aromatic carbocycles. The number of anilines is 1. The van der Waals surface area contributed by atoms with Crippen LogP contribution in [0.3, 0.4) is 0 Å². The van der Waals surface area contributed by atoms with Gasteiger partial charge in [-0.3, -0.25) is 5.43 Å². The molecule has 102 valence electrons. The Morgan fingerprint density at radius 1 is 1.15 bits per heavy atom. The third-order valence-corrected chi connectivity index (χ3v) is 2.80. The maximum Gasteiger partial charge on any atom is 0.335 e. The summed E-state index contributed by atoms with van der Waals surface area (Å²) in [5.74, 6) is -0.943. The molecule has 0 radical (unpaired) electrons. The maximum atomic E-state index is 10.8. The van der Waals surface area contributed by atoms with Crippen LogP contribution in [0.1, 0.15) is 22.3 Å². The Morgan fingerprint density at radius 3 is 2.70 bits per heavy atom. The molecule has 0 unspecified atom stereocenters. The molecular weight excluding hydrogens is 252 g/mol. The number of aryl methyl sites for hydroxylation is 1. The van der Waals surface area contributed by atoms with Gasteiger partial charge in [0, 0.05) is 6.21 Å². The number of hydrogen-bond acceptors (Lipinski definition) is 3. The first-order chi connectivity index (χ1) is 9.75. The monoisotopic (exact) mass is 268 g/mol. The smallest absolute Gasteiger partial charge is 0.335 e. The minimum Gasteiger partial charge on any atom is -0.478 e. The van der Waals surface area contributed by atoms with Gasteiger partial charge in [0.1, 0.15) is 0 Å². The SMILES string of the molecule is O=C(O)c1cccc(NN=CCCc2ccccc2)c1. The number of carbonyl (C=O) groups is 1. The lowest BCUT2D eigenvalue weighted by atomic mass is 10.1. The molecule has 0 fully saturated rings. The number of hydrogen-bond donors (Lipinski definition) is 2. The molecular formula is C16H16N2O2. The minimum absolute atomic E-state index is 0.245. The molecule has 0 spiro atoms. The number of aromatic carboxylic acids is 1. The van der Waals surface area contributed by atoms with Crippen molar-refractivity contribution in [1.29, 1.82) is 0 Å². The van der Waals surface area contributed by atoms with E-state index in [4.69, 9.17) is 5.11 Å². The first-order valence-corrected chi connectivity index (χ1v) is 6.40. The van der Waals surface area contributed by atoms with Gasteiger partial charge in [-0.25, -0.2) is 4.79 Å². The minimum atomic E-state index is -0.943. The predicted molar refractivity (Wildman–Crippen MR) is 80.3 cm³/mol. The van der Waals surface area contributed by atoms with Crippen LogP contribution in [-0.2, 0) is 6.42 Å². The summed E-state index contributed by atoms with van der Waals surface area (Å²) in [6.07, 6.45) is 3.55. The fourth-order valence-corrected chi connectivity index (χ4v) is 1.78. The Balaban J connectivity index is 1.81. The van der Waals surface area contributed by atoms with Crippen LogP contribution in [0, 0.1) is 0 Å². The number of hydrazone groups is 1. The molecule has 0 heterocycles. The zero-order valence-electron chi connectivity index (χ0n) is 11.0. The largest absolute Gasteiger partial charge is 0.478 e. The molecule has 2 aromatic rings. The van der Waals surface area contributed by atoms with Gasteiger partial charge in [0.05, 0.1) is 11.3 Å². The van der Waals surface area contributed by atoms with Gasteiger partial charge in [0.25, 0.3) is 0 Å². The summed E-state index contributed by atoms with van der Waals surface area (Å²) in [6, 6.07) is 16.8. The molecule has 0 atom stereocenters. The Labute approximate surface area is 117 Å². The van der Waals surface area contributed by atoms with Crippen LogP contribution in [-0.4, -0.2) is 17.3 Å². The Hall–Kier alpha value is -2.62. The van der Waals surface area contributed by atoms with E-state index < -0.39 is 5.97 Å². The van der Waals surface area contributed by atoms with Gasteiger partial charge in [0.15, 0.2) is 0 Å². The molecule has 0 aromatic heterocycles. The van der Waals surface area contributed by atoms with Crippen LogP contribution >= 0.6 is 0 Å². The summed E-state index contributed by atoms with van der Waals surface area (Å²) in [5.41, 5.74) is 5.01. The first-order valence-electron chi connectivity index (χ1n) is 6.40. The van der Waals surface area contributed by atoms with Crippen molar-refractivity contribution in [1.82, 2.24) is 0 Å². The molecule has 2 N–H and O–H groups in total. The second-order valence-corrected chi connectivity index (χ2v) is 4.33. The number of carboxylic acids is 1. The van der Waals surface area contributed by atoms with Crippen LogP contribution in [0.5, 0.6) is 0 Å². The number of rotatable bonds is 6. The van der Waals surface area contributed by atoms with E-state index in [0.717, 1.165) is 12.8 Å². The molecule has 0 saturated carbocycles. The summed E-state index contributed by atoms with van der Waals surface area (Å²) in [4.78, 5) is 10.8. The van der Waals surface area contributed by atoms with E-state index in [0.29, 0.717) is 5.69 Å². The van der Waals surface area contributed by atoms with Gasteiger partial charge in [-0.05, 0) is 36.6 Å². The zero-order valence-corrected chi connectivity index (χ0v) is 11.0. The van der Waals surface area contributed by atoms with E-state index in [2.05, 4.69) is 22.7 Å². The van der Waals surface area contributed by atoms with Crippen molar-refractivity contribution < 1.29 is 9.90 Å². The summed E-state index contributed by atoms with van der Waals surface area (Å²) >= 11 is 0. The van der Waals surface area contributed by atoms with Crippen molar-refractivity contribution in [2.75, 3.05) is 5.43 Å². The summed E-state index contributed by atoms with van der Waals surface area (Å²) in [5, 5.41) is 13.0. The normalized spacial score (nSPS) is 10.6. The molecule has 0 aliphatic rings. The number of carboxylic acid groups (broad SMARTS) is 1. The Kier molecular flexibility index (Phi) is 4.89. The van der Waals surface area contributed by atoms with Crippen molar-refractivity contribution >= 4 is 17.9 Å². The van der Waals surface area contributed by atoms with E-state index in [1.165, 1.54) is 5.56 Å². The lowest BCUT2D eigenvalue weighted by Gasteiger charge is -2.01. The molecule has 2 rings (SSSR count). The molecule has 4 nitrogen and oxygen atoms in total. The Bertz CT molecular complexity index is 594. The fourth-order valence-electron chi connectivity index (χ4n) is 1.78. The van der Waals surface area contributed by atoms with Crippen molar-refractivity contribution in [2.45, 2.75) is 12.8 Å². The van der Waals surface area contributed by atoms with Gasteiger partial charge in [-0.15, -0.1) is 0 Å². The molecule has 0 aliphatic heterocycles. The van der Waals surface area contributed by atoms with Gasteiger partial charge in [-0.2, -0.15) is 5.10 Å².